The molecule has 0 aliphatic carbocycles. The van der Waals surface area contributed by atoms with Gasteiger partial charge in [-0.25, -0.2) is 4.79 Å². The molecule has 0 bridgehead atoms. The molecule has 0 unspecified atom stereocenters. The van der Waals surface area contributed by atoms with Crippen LogP contribution in [0.3, 0.4) is 0 Å². The first-order valence-electron chi connectivity index (χ1n) is 5.83. The number of hydrogen-bond acceptors (Lipinski definition) is 5. The number of carbonyl (C=O) groups is 1. The van der Waals surface area contributed by atoms with Gasteiger partial charge < -0.3 is 19.0 Å². The van der Waals surface area contributed by atoms with Gasteiger partial charge in [-0.3, -0.25) is 4.98 Å². The third-order valence-electron chi connectivity index (χ3n) is 3.07. The number of carboxylic acid groups (broad SMARTS) is 1. The van der Waals surface area contributed by atoms with Gasteiger partial charge in [-0.05, 0) is 12.1 Å². The van der Waals surface area contributed by atoms with Gasteiger partial charge in [-0.2, -0.15) is 0 Å². The topological polar surface area (TPSA) is 81.8 Å². The molecule has 0 saturated carbocycles. The summed E-state index contributed by atoms with van der Waals surface area (Å²) in [6.45, 7) is 0. The quantitative estimate of drug-likeness (QED) is 0.790. The fourth-order valence-corrected chi connectivity index (χ4v) is 2.27. The van der Waals surface area contributed by atoms with Crippen LogP contribution < -0.4 is 9.47 Å². The largest absolute Gasteiger partial charge is 0.495 e. The molecule has 6 nitrogen and oxygen atoms in total. The summed E-state index contributed by atoms with van der Waals surface area (Å²) in [5, 5.41) is 10.3. The Bertz CT molecular complexity index is 761. The van der Waals surface area contributed by atoms with Crippen LogP contribution in [0.25, 0.3) is 21.9 Å². The van der Waals surface area contributed by atoms with Crippen LogP contribution in [0.2, 0.25) is 0 Å². The zero-order valence-corrected chi connectivity index (χ0v) is 10.8. The fraction of sp³-hybridized carbons (Fsp3) is 0.143. The number of aromatic nitrogens is 1. The van der Waals surface area contributed by atoms with Crippen molar-refractivity contribution < 1.29 is 23.8 Å². The maximum Gasteiger partial charge on any atom is 0.371 e. The van der Waals surface area contributed by atoms with Crippen LogP contribution in [0.4, 0.5) is 0 Å². The van der Waals surface area contributed by atoms with Crippen LogP contribution in [-0.2, 0) is 0 Å². The SMILES string of the molecule is COc1c2cccnc2c(OC)c2oc(C(=O)O)cc12. The number of pyridine rings is 1. The lowest BCUT2D eigenvalue weighted by Gasteiger charge is -2.10. The molecule has 2 aromatic heterocycles. The van der Waals surface area contributed by atoms with Crippen molar-refractivity contribution in [2.45, 2.75) is 0 Å². The molecule has 1 N–H and O–H groups in total. The van der Waals surface area contributed by atoms with Crippen LogP contribution in [0.15, 0.2) is 28.8 Å². The van der Waals surface area contributed by atoms with Gasteiger partial charge in [0.2, 0.25) is 5.76 Å². The standard InChI is InChI=1S/C14H11NO5/c1-18-11-7-4-3-5-15-10(7)13(19-2)12-8(11)6-9(20-12)14(16)17/h3-6H,1-2H3,(H,16,17). The van der Waals surface area contributed by atoms with Crippen molar-refractivity contribution >= 4 is 27.8 Å². The summed E-state index contributed by atoms with van der Waals surface area (Å²) in [4.78, 5) is 15.3. The van der Waals surface area contributed by atoms with Crippen molar-refractivity contribution in [3.05, 3.63) is 30.2 Å². The average Bonchev–Trinajstić information content (AvgIpc) is 2.89. The highest BCUT2D eigenvalue weighted by molar-refractivity contribution is 6.09. The van der Waals surface area contributed by atoms with Crippen molar-refractivity contribution in [3.8, 4) is 11.5 Å². The molecule has 1 aromatic carbocycles. The van der Waals surface area contributed by atoms with Gasteiger partial charge in [0.25, 0.3) is 0 Å². The molecule has 0 aliphatic heterocycles. The van der Waals surface area contributed by atoms with E-state index in [0.717, 1.165) is 5.39 Å². The normalized spacial score (nSPS) is 10.9. The van der Waals surface area contributed by atoms with E-state index >= 15 is 0 Å². The number of benzene rings is 1. The van der Waals surface area contributed by atoms with E-state index in [1.165, 1.54) is 20.3 Å². The minimum atomic E-state index is -1.15. The highest BCUT2D eigenvalue weighted by Gasteiger charge is 2.22. The van der Waals surface area contributed by atoms with Crippen molar-refractivity contribution in [2.75, 3.05) is 14.2 Å². The average molecular weight is 273 g/mol. The van der Waals surface area contributed by atoms with Crippen molar-refractivity contribution in [2.24, 2.45) is 0 Å². The summed E-state index contributed by atoms with van der Waals surface area (Å²) in [6.07, 6.45) is 1.62. The number of carboxylic acids is 1. The molecule has 0 amide bonds. The fourth-order valence-electron chi connectivity index (χ4n) is 2.27. The summed E-state index contributed by atoms with van der Waals surface area (Å²) in [7, 11) is 3.00. The molecule has 0 aliphatic rings. The van der Waals surface area contributed by atoms with E-state index in [9.17, 15) is 4.79 Å². The lowest BCUT2D eigenvalue weighted by atomic mass is 10.1. The van der Waals surface area contributed by atoms with E-state index in [4.69, 9.17) is 19.0 Å². The van der Waals surface area contributed by atoms with Gasteiger partial charge in [0.05, 0.1) is 19.6 Å². The molecule has 0 fully saturated rings. The smallest absolute Gasteiger partial charge is 0.371 e. The van der Waals surface area contributed by atoms with E-state index in [-0.39, 0.29) is 5.76 Å². The Balaban J connectivity index is 2.54. The Hall–Kier alpha value is -2.76. The van der Waals surface area contributed by atoms with Crippen molar-refractivity contribution in [1.82, 2.24) is 4.98 Å². The van der Waals surface area contributed by atoms with Crippen LogP contribution in [0, 0.1) is 0 Å². The Morgan fingerprint density at radius 3 is 2.65 bits per heavy atom. The monoisotopic (exact) mass is 273 g/mol. The van der Waals surface area contributed by atoms with E-state index < -0.39 is 5.97 Å². The minimum absolute atomic E-state index is 0.174. The second kappa shape index (κ2) is 4.41. The number of rotatable bonds is 3. The summed E-state index contributed by atoms with van der Waals surface area (Å²) in [5.74, 6) is -0.418. The molecule has 0 radical (unpaired) electrons. The van der Waals surface area contributed by atoms with Gasteiger partial charge in [-0.15, -0.1) is 0 Å². The minimum Gasteiger partial charge on any atom is -0.495 e. The van der Waals surface area contributed by atoms with Gasteiger partial charge >= 0.3 is 5.97 Å². The Morgan fingerprint density at radius 1 is 1.25 bits per heavy atom. The Morgan fingerprint density at radius 2 is 2.00 bits per heavy atom. The molecule has 0 saturated heterocycles. The van der Waals surface area contributed by atoms with Crippen molar-refractivity contribution in [3.63, 3.8) is 0 Å². The first-order valence-corrected chi connectivity index (χ1v) is 5.83. The summed E-state index contributed by atoms with van der Waals surface area (Å²) in [5.41, 5.74) is 0.874. The maximum atomic E-state index is 11.1. The predicted molar refractivity (Wildman–Crippen MR) is 71.6 cm³/mol. The van der Waals surface area contributed by atoms with E-state index in [1.54, 1.807) is 12.3 Å². The number of hydrogen-bond donors (Lipinski definition) is 1. The molecular formula is C14H11NO5. The second-order valence-electron chi connectivity index (χ2n) is 4.12. The zero-order valence-electron chi connectivity index (χ0n) is 10.8. The third-order valence-corrected chi connectivity index (χ3v) is 3.07. The molecule has 20 heavy (non-hydrogen) atoms. The number of methoxy groups -OCH3 is 2. The molecule has 3 rings (SSSR count). The number of ether oxygens (including phenoxy) is 2. The van der Waals surface area contributed by atoms with Crippen LogP contribution in [0.5, 0.6) is 11.5 Å². The van der Waals surface area contributed by atoms with Crippen LogP contribution in [-0.4, -0.2) is 30.3 Å². The molecular weight excluding hydrogens is 262 g/mol. The van der Waals surface area contributed by atoms with E-state index in [1.807, 2.05) is 6.07 Å². The second-order valence-corrected chi connectivity index (χ2v) is 4.12. The van der Waals surface area contributed by atoms with Crippen molar-refractivity contribution in [1.29, 1.82) is 0 Å². The Labute approximate surface area is 113 Å². The molecule has 102 valence electrons. The van der Waals surface area contributed by atoms with Gasteiger partial charge in [0.1, 0.15) is 11.3 Å². The predicted octanol–water partition coefficient (Wildman–Crippen LogP) is 2.70. The van der Waals surface area contributed by atoms with Gasteiger partial charge in [0, 0.05) is 17.6 Å². The number of nitrogens with zero attached hydrogens (tertiary/aromatic N) is 1. The first-order chi connectivity index (χ1) is 9.67. The van der Waals surface area contributed by atoms with Crippen LogP contribution in [0.1, 0.15) is 10.6 Å². The van der Waals surface area contributed by atoms with Gasteiger partial charge in [0.15, 0.2) is 11.3 Å². The maximum absolute atomic E-state index is 11.1. The van der Waals surface area contributed by atoms with E-state index in [0.29, 0.717) is 28.0 Å². The highest BCUT2D eigenvalue weighted by Crippen LogP contribution is 2.42. The number of fused-ring (bicyclic) bond motifs is 2. The highest BCUT2D eigenvalue weighted by atomic mass is 16.5. The molecule has 6 heteroatoms. The van der Waals surface area contributed by atoms with E-state index in [2.05, 4.69) is 4.98 Å². The number of furan rings is 1. The molecule has 0 atom stereocenters. The van der Waals surface area contributed by atoms with Crippen LogP contribution >= 0.6 is 0 Å². The Kier molecular flexibility index (Phi) is 2.71. The lowest BCUT2D eigenvalue weighted by molar-refractivity contribution is 0.0665. The summed E-state index contributed by atoms with van der Waals surface area (Å²) in [6, 6.07) is 5.02. The molecule has 3 aromatic rings. The molecule has 0 spiro atoms. The number of aromatic carboxylic acids is 1. The zero-order chi connectivity index (χ0) is 14.3. The summed E-state index contributed by atoms with van der Waals surface area (Å²) >= 11 is 0. The summed E-state index contributed by atoms with van der Waals surface area (Å²) < 4.78 is 16.1. The lowest BCUT2D eigenvalue weighted by Crippen LogP contribution is -1.92. The first kappa shape index (κ1) is 12.3. The van der Waals surface area contributed by atoms with Gasteiger partial charge in [-0.1, -0.05) is 0 Å². The third kappa shape index (κ3) is 1.58. The molecule has 2 heterocycles.